The van der Waals surface area contributed by atoms with Gasteiger partial charge in [-0.15, -0.1) is 0 Å². The van der Waals surface area contributed by atoms with E-state index < -0.39 is 18.5 Å². The molecule has 0 N–H and O–H groups in total. The second kappa shape index (κ2) is 9.02. The van der Waals surface area contributed by atoms with Gasteiger partial charge in [-0.2, -0.15) is 5.26 Å². The van der Waals surface area contributed by atoms with E-state index in [9.17, 15) is 9.59 Å². The molecule has 5 nitrogen and oxygen atoms in total. The molecule has 0 radical (unpaired) electrons. The molecule has 0 atom stereocenters. The van der Waals surface area contributed by atoms with Gasteiger partial charge >= 0.3 is 5.97 Å². The van der Waals surface area contributed by atoms with Crippen LogP contribution in [0, 0.1) is 25.2 Å². The van der Waals surface area contributed by atoms with E-state index in [1.54, 1.807) is 30.3 Å². The van der Waals surface area contributed by atoms with Gasteiger partial charge < -0.3 is 9.64 Å². The number of hydrogen-bond donors (Lipinski definition) is 0. The number of amides is 1. The lowest BCUT2D eigenvalue weighted by Crippen LogP contribution is -2.35. The van der Waals surface area contributed by atoms with Gasteiger partial charge in [0.25, 0.3) is 5.91 Å². The first-order chi connectivity index (χ1) is 12.4. The fraction of sp³-hybridized carbons (Fsp3) is 0.250. The van der Waals surface area contributed by atoms with Gasteiger partial charge in [0.1, 0.15) is 0 Å². The van der Waals surface area contributed by atoms with Crippen molar-refractivity contribution in [3.05, 3.63) is 64.2 Å². The Morgan fingerprint density at radius 2 is 1.96 bits per heavy atom. The number of halogens is 1. The molecule has 0 aliphatic carbocycles. The summed E-state index contributed by atoms with van der Waals surface area (Å²) in [5, 5.41) is 9.30. The molecule has 2 aromatic carbocycles. The molecule has 0 spiro atoms. The van der Waals surface area contributed by atoms with Gasteiger partial charge in [-0.25, -0.2) is 4.79 Å². The predicted molar refractivity (Wildman–Crippen MR) is 100 cm³/mol. The summed E-state index contributed by atoms with van der Waals surface area (Å²) in [6, 6.07) is 14.2. The Balaban J connectivity index is 2.10. The van der Waals surface area contributed by atoms with Crippen molar-refractivity contribution < 1.29 is 14.3 Å². The third-order valence-corrected chi connectivity index (χ3v) is 4.04. The number of hydrogen-bond acceptors (Lipinski definition) is 4. The minimum atomic E-state index is -0.550. The number of nitriles is 1. The van der Waals surface area contributed by atoms with Gasteiger partial charge in [0, 0.05) is 17.3 Å². The van der Waals surface area contributed by atoms with Gasteiger partial charge in [0.05, 0.1) is 18.1 Å². The quantitative estimate of drug-likeness (QED) is 0.719. The molecule has 0 fully saturated rings. The second-order valence-electron chi connectivity index (χ2n) is 5.83. The molecule has 0 aliphatic heterocycles. The number of nitrogens with zero attached hydrogens (tertiary/aromatic N) is 2. The number of esters is 1. The van der Waals surface area contributed by atoms with Crippen LogP contribution in [-0.2, 0) is 9.53 Å². The Morgan fingerprint density at radius 3 is 2.65 bits per heavy atom. The summed E-state index contributed by atoms with van der Waals surface area (Å²) in [5.41, 5.74) is 2.71. The normalized spacial score (nSPS) is 10.1. The third kappa shape index (κ3) is 5.08. The van der Waals surface area contributed by atoms with Crippen molar-refractivity contribution in [3.63, 3.8) is 0 Å². The Hall–Kier alpha value is -2.84. The standard InChI is InChI=1S/C20H19ClN2O3/c1-14-7-8-15(2)18(11-14)20(25)26-13-19(24)23(10-4-9-22)17-6-3-5-16(21)12-17/h3,5-8,11-12H,4,10,13H2,1-2H3. The maximum Gasteiger partial charge on any atom is 0.338 e. The third-order valence-electron chi connectivity index (χ3n) is 3.81. The fourth-order valence-corrected chi connectivity index (χ4v) is 2.63. The zero-order valence-electron chi connectivity index (χ0n) is 14.7. The molecular weight excluding hydrogens is 352 g/mol. The average molecular weight is 371 g/mol. The van der Waals surface area contributed by atoms with Crippen molar-refractivity contribution in [1.29, 1.82) is 5.26 Å². The predicted octanol–water partition coefficient (Wildman–Crippen LogP) is 4.06. The molecule has 0 aromatic heterocycles. The first kappa shape index (κ1) is 19.5. The molecule has 6 heteroatoms. The van der Waals surface area contributed by atoms with Gasteiger partial charge in [-0.05, 0) is 43.7 Å². The summed E-state index contributed by atoms with van der Waals surface area (Å²) in [7, 11) is 0. The van der Waals surface area contributed by atoms with Crippen LogP contribution >= 0.6 is 11.6 Å². The largest absolute Gasteiger partial charge is 0.452 e. The number of rotatable bonds is 6. The highest BCUT2D eigenvalue weighted by Crippen LogP contribution is 2.20. The smallest absolute Gasteiger partial charge is 0.338 e. The zero-order chi connectivity index (χ0) is 19.1. The zero-order valence-corrected chi connectivity index (χ0v) is 15.4. The Labute approximate surface area is 157 Å². The van der Waals surface area contributed by atoms with E-state index in [-0.39, 0.29) is 13.0 Å². The molecule has 0 saturated carbocycles. The van der Waals surface area contributed by atoms with Crippen LogP contribution in [-0.4, -0.2) is 25.0 Å². The Bertz CT molecular complexity index is 858. The number of anilines is 1. The average Bonchev–Trinajstić information content (AvgIpc) is 2.62. The number of carbonyl (C=O) groups excluding carboxylic acids is 2. The topological polar surface area (TPSA) is 70.4 Å². The van der Waals surface area contributed by atoms with Crippen molar-refractivity contribution in [3.8, 4) is 6.07 Å². The first-order valence-corrected chi connectivity index (χ1v) is 8.47. The Morgan fingerprint density at radius 1 is 1.19 bits per heavy atom. The van der Waals surface area contributed by atoms with Crippen molar-refractivity contribution in [1.82, 2.24) is 0 Å². The summed E-state index contributed by atoms with van der Waals surface area (Å²) in [4.78, 5) is 26.2. The molecule has 26 heavy (non-hydrogen) atoms. The minimum Gasteiger partial charge on any atom is -0.452 e. The van der Waals surface area contributed by atoms with E-state index in [0.717, 1.165) is 11.1 Å². The molecule has 2 aromatic rings. The first-order valence-electron chi connectivity index (χ1n) is 8.09. The van der Waals surface area contributed by atoms with Gasteiger partial charge in [-0.3, -0.25) is 4.79 Å². The lowest BCUT2D eigenvalue weighted by atomic mass is 10.1. The highest BCUT2D eigenvalue weighted by molar-refractivity contribution is 6.30. The summed E-state index contributed by atoms with van der Waals surface area (Å²) in [6.45, 7) is 3.47. The molecular formula is C20H19ClN2O3. The summed E-state index contributed by atoms with van der Waals surface area (Å²) < 4.78 is 5.19. The van der Waals surface area contributed by atoms with Crippen LogP contribution < -0.4 is 4.90 Å². The molecule has 0 saturated heterocycles. The molecule has 0 aliphatic rings. The molecule has 0 heterocycles. The SMILES string of the molecule is Cc1ccc(C)c(C(=O)OCC(=O)N(CCC#N)c2cccc(Cl)c2)c1. The van der Waals surface area contributed by atoms with E-state index in [0.29, 0.717) is 16.3 Å². The van der Waals surface area contributed by atoms with Crippen LogP contribution in [0.4, 0.5) is 5.69 Å². The number of ether oxygens (including phenoxy) is 1. The summed E-state index contributed by atoms with van der Waals surface area (Å²) in [6.07, 6.45) is 0.156. The summed E-state index contributed by atoms with van der Waals surface area (Å²) >= 11 is 5.98. The lowest BCUT2D eigenvalue weighted by molar-refractivity contribution is -0.121. The van der Waals surface area contributed by atoms with Gasteiger partial charge in [-0.1, -0.05) is 35.4 Å². The van der Waals surface area contributed by atoms with Crippen molar-refractivity contribution >= 4 is 29.2 Å². The van der Waals surface area contributed by atoms with E-state index in [2.05, 4.69) is 0 Å². The number of carbonyl (C=O) groups is 2. The molecule has 0 bridgehead atoms. The van der Waals surface area contributed by atoms with E-state index in [1.807, 2.05) is 32.0 Å². The maximum absolute atomic E-state index is 12.5. The number of benzene rings is 2. The highest BCUT2D eigenvalue weighted by atomic mass is 35.5. The molecule has 0 unspecified atom stereocenters. The lowest BCUT2D eigenvalue weighted by Gasteiger charge is -2.22. The van der Waals surface area contributed by atoms with Crippen molar-refractivity contribution in [2.45, 2.75) is 20.3 Å². The van der Waals surface area contributed by atoms with Crippen LogP contribution in [0.2, 0.25) is 5.02 Å². The van der Waals surface area contributed by atoms with Gasteiger partial charge in [0.2, 0.25) is 0 Å². The van der Waals surface area contributed by atoms with Crippen LogP contribution in [0.15, 0.2) is 42.5 Å². The fourth-order valence-electron chi connectivity index (χ4n) is 2.44. The van der Waals surface area contributed by atoms with E-state index >= 15 is 0 Å². The van der Waals surface area contributed by atoms with Crippen LogP contribution in [0.1, 0.15) is 27.9 Å². The van der Waals surface area contributed by atoms with Crippen molar-refractivity contribution in [2.24, 2.45) is 0 Å². The van der Waals surface area contributed by atoms with Crippen LogP contribution in [0.3, 0.4) is 0 Å². The molecule has 134 valence electrons. The minimum absolute atomic E-state index is 0.156. The molecule has 1 amide bonds. The number of aryl methyl sites for hydroxylation is 2. The molecule has 2 rings (SSSR count). The van der Waals surface area contributed by atoms with Crippen LogP contribution in [0.25, 0.3) is 0 Å². The monoisotopic (exact) mass is 370 g/mol. The van der Waals surface area contributed by atoms with E-state index in [4.69, 9.17) is 21.6 Å². The second-order valence-corrected chi connectivity index (χ2v) is 6.26. The Kier molecular flexibility index (Phi) is 6.76. The van der Waals surface area contributed by atoms with Crippen molar-refractivity contribution in [2.75, 3.05) is 18.1 Å². The maximum atomic E-state index is 12.5. The van der Waals surface area contributed by atoms with Crippen LogP contribution in [0.5, 0.6) is 0 Å². The summed E-state index contributed by atoms with van der Waals surface area (Å²) in [5.74, 6) is -0.966. The van der Waals surface area contributed by atoms with E-state index in [1.165, 1.54) is 4.90 Å². The highest BCUT2D eigenvalue weighted by Gasteiger charge is 2.19. The van der Waals surface area contributed by atoms with Gasteiger partial charge in [0.15, 0.2) is 6.61 Å².